The maximum Gasteiger partial charge on any atom is 0.408 e. The molecule has 3 unspecified atom stereocenters. The predicted molar refractivity (Wildman–Crippen MR) is 164 cm³/mol. The van der Waals surface area contributed by atoms with Crippen molar-refractivity contribution in [3.05, 3.63) is 35.4 Å². The van der Waals surface area contributed by atoms with Gasteiger partial charge in [0.2, 0.25) is 11.8 Å². The lowest BCUT2D eigenvalue weighted by Crippen LogP contribution is -2.56. The third-order valence-electron chi connectivity index (χ3n) is 6.95. The molecular formula is C33H57N3O4. The van der Waals surface area contributed by atoms with E-state index in [9.17, 15) is 14.4 Å². The normalized spacial score (nSPS) is 14.2. The van der Waals surface area contributed by atoms with Crippen molar-refractivity contribution >= 4 is 17.9 Å². The summed E-state index contributed by atoms with van der Waals surface area (Å²) < 4.78 is 5.51. The molecule has 0 saturated heterocycles. The maximum absolute atomic E-state index is 14.4. The van der Waals surface area contributed by atoms with Crippen LogP contribution in [0, 0.1) is 5.92 Å². The molecule has 0 aliphatic heterocycles. The van der Waals surface area contributed by atoms with Gasteiger partial charge in [-0.15, -0.1) is 0 Å². The molecule has 0 heterocycles. The summed E-state index contributed by atoms with van der Waals surface area (Å²) in [6.07, 6.45) is 7.29. The van der Waals surface area contributed by atoms with E-state index in [2.05, 4.69) is 24.5 Å². The van der Waals surface area contributed by atoms with Crippen LogP contribution < -0.4 is 10.6 Å². The number of carbonyl (C=O) groups excluding carboxylic acids is 3. The van der Waals surface area contributed by atoms with E-state index in [-0.39, 0.29) is 17.7 Å². The van der Waals surface area contributed by atoms with Crippen molar-refractivity contribution in [3.8, 4) is 0 Å². The third kappa shape index (κ3) is 12.7. The number of aryl methyl sites for hydroxylation is 1. The van der Waals surface area contributed by atoms with Crippen LogP contribution in [0.2, 0.25) is 0 Å². The maximum atomic E-state index is 14.4. The highest BCUT2D eigenvalue weighted by Crippen LogP contribution is 2.27. The molecule has 40 heavy (non-hydrogen) atoms. The fraction of sp³-hybridized carbons (Fsp3) is 0.727. The lowest BCUT2D eigenvalue weighted by atomic mass is 9.94. The number of alkyl carbamates (subject to hydrolysis) is 1. The summed E-state index contributed by atoms with van der Waals surface area (Å²) in [7, 11) is 0. The van der Waals surface area contributed by atoms with Gasteiger partial charge in [0.15, 0.2) is 0 Å². The summed E-state index contributed by atoms with van der Waals surface area (Å²) in [4.78, 5) is 42.8. The Kier molecular flexibility index (Phi) is 14.7. The molecular weight excluding hydrogens is 502 g/mol. The predicted octanol–water partition coefficient (Wildman–Crippen LogP) is 7.33. The highest BCUT2D eigenvalue weighted by atomic mass is 16.6. The number of ether oxygens (including phenoxy) is 1. The molecule has 1 aromatic rings. The van der Waals surface area contributed by atoms with Gasteiger partial charge in [0.05, 0.1) is 0 Å². The molecule has 3 atom stereocenters. The minimum Gasteiger partial charge on any atom is -0.444 e. The average molecular weight is 560 g/mol. The zero-order valence-corrected chi connectivity index (χ0v) is 27.0. The molecule has 0 aliphatic carbocycles. The Morgan fingerprint density at radius 3 is 1.95 bits per heavy atom. The second-order valence-corrected chi connectivity index (χ2v) is 13.0. The number of benzene rings is 1. The van der Waals surface area contributed by atoms with Crippen LogP contribution in [-0.4, -0.2) is 46.5 Å². The van der Waals surface area contributed by atoms with Gasteiger partial charge in [0.1, 0.15) is 17.7 Å². The summed E-state index contributed by atoms with van der Waals surface area (Å²) in [6.45, 7) is 19.8. The van der Waals surface area contributed by atoms with E-state index in [0.717, 1.165) is 43.2 Å². The van der Waals surface area contributed by atoms with Crippen LogP contribution in [0.25, 0.3) is 0 Å². The molecule has 1 aromatic carbocycles. The summed E-state index contributed by atoms with van der Waals surface area (Å²) in [5.41, 5.74) is 0.759. The molecule has 7 nitrogen and oxygen atoms in total. The van der Waals surface area contributed by atoms with Crippen LogP contribution in [0.5, 0.6) is 0 Å². The number of rotatable bonds is 15. The molecule has 0 aromatic heterocycles. The Labute approximate surface area is 244 Å². The van der Waals surface area contributed by atoms with Crippen molar-refractivity contribution in [3.63, 3.8) is 0 Å². The first kappa shape index (κ1) is 35.5. The first-order chi connectivity index (χ1) is 18.6. The molecule has 0 bridgehead atoms. The van der Waals surface area contributed by atoms with E-state index in [1.165, 1.54) is 12.8 Å². The number of carbonyl (C=O) groups is 3. The summed E-state index contributed by atoms with van der Waals surface area (Å²) in [5.74, 6) is -0.639. The molecule has 2 N–H and O–H groups in total. The lowest BCUT2D eigenvalue weighted by molar-refractivity contribution is -0.144. The van der Waals surface area contributed by atoms with Gasteiger partial charge in [-0.3, -0.25) is 9.59 Å². The summed E-state index contributed by atoms with van der Waals surface area (Å²) in [6, 6.07) is 6.30. The van der Waals surface area contributed by atoms with Crippen LogP contribution in [0.4, 0.5) is 4.79 Å². The zero-order chi connectivity index (χ0) is 30.5. The van der Waals surface area contributed by atoms with Crippen molar-refractivity contribution in [1.29, 1.82) is 0 Å². The van der Waals surface area contributed by atoms with Crippen molar-refractivity contribution in [2.45, 2.75) is 144 Å². The molecule has 0 saturated carbocycles. The monoisotopic (exact) mass is 559 g/mol. The quantitative estimate of drug-likeness (QED) is 0.220. The first-order valence-electron chi connectivity index (χ1n) is 15.3. The molecule has 0 fully saturated rings. The van der Waals surface area contributed by atoms with E-state index in [1.54, 1.807) is 25.7 Å². The third-order valence-corrected chi connectivity index (χ3v) is 6.95. The van der Waals surface area contributed by atoms with Crippen LogP contribution >= 0.6 is 0 Å². The van der Waals surface area contributed by atoms with Gasteiger partial charge in [0, 0.05) is 12.1 Å². The van der Waals surface area contributed by atoms with Crippen LogP contribution in [-0.2, 0) is 20.7 Å². The SMILES string of the molecule is CCCCCCCCN(C(=O)C(NC(=O)OC(C)(C)C)C(C)CC)C(C(=O)NC(C)(C)C)c1ccc(CC)cc1. The van der Waals surface area contributed by atoms with Gasteiger partial charge in [0.25, 0.3) is 0 Å². The first-order valence-corrected chi connectivity index (χ1v) is 15.3. The largest absolute Gasteiger partial charge is 0.444 e. The molecule has 0 radical (unpaired) electrons. The highest BCUT2D eigenvalue weighted by Gasteiger charge is 2.38. The van der Waals surface area contributed by atoms with Crippen molar-refractivity contribution in [2.75, 3.05) is 6.54 Å². The molecule has 0 aliphatic rings. The van der Waals surface area contributed by atoms with E-state index < -0.39 is 29.3 Å². The van der Waals surface area contributed by atoms with Crippen LogP contribution in [0.1, 0.15) is 131 Å². The number of hydrogen-bond acceptors (Lipinski definition) is 4. The van der Waals surface area contributed by atoms with Gasteiger partial charge in [-0.1, -0.05) is 90.5 Å². The van der Waals surface area contributed by atoms with E-state index in [4.69, 9.17) is 4.74 Å². The fourth-order valence-corrected chi connectivity index (χ4v) is 4.57. The van der Waals surface area contributed by atoms with Gasteiger partial charge < -0.3 is 20.3 Å². The van der Waals surface area contributed by atoms with Crippen molar-refractivity contribution < 1.29 is 19.1 Å². The Morgan fingerprint density at radius 1 is 0.875 bits per heavy atom. The second kappa shape index (κ2) is 16.6. The smallest absolute Gasteiger partial charge is 0.408 e. The van der Waals surface area contributed by atoms with E-state index >= 15 is 0 Å². The second-order valence-electron chi connectivity index (χ2n) is 13.0. The Bertz CT molecular complexity index is 915. The molecule has 228 valence electrons. The molecule has 7 heteroatoms. The zero-order valence-electron chi connectivity index (χ0n) is 27.0. The van der Waals surface area contributed by atoms with Gasteiger partial charge in [-0.05, 0) is 71.4 Å². The summed E-state index contributed by atoms with van der Waals surface area (Å²) in [5, 5.41) is 5.96. The minimum absolute atomic E-state index is 0.152. The van der Waals surface area contributed by atoms with Crippen LogP contribution in [0.3, 0.4) is 0 Å². The fourth-order valence-electron chi connectivity index (χ4n) is 4.57. The topological polar surface area (TPSA) is 87.7 Å². The minimum atomic E-state index is -0.820. The Morgan fingerprint density at radius 2 is 1.45 bits per heavy atom. The van der Waals surface area contributed by atoms with Crippen LogP contribution in [0.15, 0.2) is 24.3 Å². The van der Waals surface area contributed by atoms with Crippen molar-refractivity contribution in [2.24, 2.45) is 5.92 Å². The standard InChI is InChI=1S/C33H57N3O4/c1-11-14-15-16-17-18-23-36(30(38)27(24(4)12-2)34-31(39)40-33(8,9)10)28(29(37)35-32(5,6)7)26-21-19-25(13-3)20-22-26/h19-22,24,27-28H,11-18,23H2,1-10H3,(H,34,39)(H,35,37). The van der Waals surface area contributed by atoms with Gasteiger partial charge in [-0.2, -0.15) is 0 Å². The van der Waals surface area contributed by atoms with Gasteiger partial charge in [-0.25, -0.2) is 4.79 Å². The molecule has 3 amide bonds. The highest BCUT2D eigenvalue weighted by molar-refractivity contribution is 5.92. The average Bonchev–Trinajstić information content (AvgIpc) is 2.85. The van der Waals surface area contributed by atoms with E-state index in [1.807, 2.05) is 58.9 Å². The Balaban J connectivity index is 3.52. The number of amides is 3. The van der Waals surface area contributed by atoms with Crippen molar-refractivity contribution in [1.82, 2.24) is 15.5 Å². The Hall–Kier alpha value is -2.57. The number of hydrogen-bond donors (Lipinski definition) is 2. The number of nitrogens with zero attached hydrogens (tertiary/aromatic N) is 1. The number of unbranched alkanes of at least 4 members (excludes halogenated alkanes) is 5. The molecule has 1 rings (SSSR count). The molecule has 0 spiro atoms. The number of nitrogens with one attached hydrogen (secondary N) is 2. The lowest BCUT2D eigenvalue weighted by Gasteiger charge is -2.37. The summed E-state index contributed by atoms with van der Waals surface area (Å²) >= 11 is 0. The van der Waals surface area contributed by atoms with Gasteiger partial charge >= 0.3 is 6.09 Å². The van der Waals surface area contributed by atoms with E-state index in [0.29, 0.717) is 13.0 Å².